The minimum atomic E-state index is -9.71. The number of rotatable bonds is 2. The molecule has 9 heteroatoms. The monoisotopic (exact) mass is 348 g/mol. The van der Waals surface area contributed by atoms with E-state index in [4.69, 9.17) is 0 Å². The minimum Gasteiger partial charge on any atom is -0.317 e. The van der Waals surface area contributed by atoms with Crippen molar-refractivity contribution in [3.8, 4) is 6.07 Å². The molecule has 0 atom stereocenters. The van der Waals surface area contributed by atoms with E-state index < -0.39 is 20.5 Å². The Morgan fingerprint density at radius 2 is 1.67 bits per heavy atom. The van der Waals surface area contributed by atoms with Crippen LogP contribution in [0.5, 0.6) is 0 Å². The molecule has 0 unspecified atom stereocenters. The molecule has 0 radical (unpaired) electrons. The fourth-order valence-electron chi connectivity index (χ4n) is 2.35. The standard InChI is InChI=1S/C12H13F5N2S.ClH/c13-20(14,15,16,17)11-3-1-2-10(8-11)12(9-18)4-6-19-7-5-12;/h1-3,8,19H,4-7H2;1H. The van der Waals surface area contributed by atoms with Crippen molar-refractivity contribution in [2.24, 2.45) is 0 Å². The van der Waals surface area contributed by atoms with Crippen molar-refractivity contribution >= 4 is 22.6 Å². The summed E-state index contributed by atoms with van der Waals surface area (Å²) in [6.07, 6.45) is 0.598. The molecule has 0 amide bonds. The summed E-state index contributed by atoms with van der Waals surface area (Å²) in [5.74, 6) is 0. The van der Waals surface area contributed by atoms with Crippen LogP contribution < -0.4 is 5.32 Å². The summed E-state index contributed by atoms with van der Waals surface area (Å²) in [7, 11) is -9.71. The van der Waals surface area contributed by atoms with Gasteiger partial charge in [0.05, 0.1) is 11.5 Å². The van der Waals surface area contributed by atoms with E-state index in [1.54, 1.807) is 0 Å². The van der Waals surface area contributed by atoms with Crippen LogP contribution in [0.2, 0.25) is 0 Å². The molecule has 1 aliphatic heterocycles. The van der Waals surface area contributed by atoms with E-state index in [-0.39, 0.29) is 18.0 Å². The summed E-state index contributed by atoms with van der Waals surface area (Å²) in [6, 6.07) is 5.02. The number of hydrogen-bond donors (Lipinski definition) is 1. The average molecular weight is 349 g/mol. The van der Waals surface area contributed by atoms with Gasteiger partial charge in [0.2, 0.25) is 0 Å². The predicted molar refractivity (Wildman–Crippen MR) is 74.5 cm³/mol. The molecule has 1 heterocycles. The first kappa shape index (κ1) is 18.0. The number of piperidine rings is 1. The second-order valence-corrected chi connectivity index (χ2v) is 7.35. The highest BCUT2D eigenvalue weighted by atomic mass is 35.5. The maximum Gasteiger partial charge on any atom is 0.310 e. The smallest absolute Gasteiger partial charge is 0.310 e. The van der Waals surface area contributed by atoms with Gasteiger partial charge >= 0.3 is 10.2 Å². The van der Waals surface area contributed by atoms with E-state index in [9.17, 15) is 24.7 Å². The van der Waals surface area contributed by atoms with Crippen molar-refractivity contribution in [3.63, 3.8) is 0 Å². The lowest BCUT2D eigenvalue weighted by atomic mass is 9.74. The van der Waals surface area contributed by atoms with Gasteiger partial charge in [-0.25, -0.2) is 0 Å². The molecule has 1 aliphatic rings. The fraction of sp³-hybridized carbons (Fsp3) is 0.417. The normalized spacial score (nSPS) is 21.3. The summed E-state index contributed by atoms with van der Waals surface area (Å²) in [5, 5.41) is 12.3. The number of nitrogens with zero attached hydrogens (tertiary/aromatic N) is 1. The zero-order chi connectivity index (χ0) is 15.1. The van der Waals surface area contributed by atoms with Crippen LogP contribution in [0.25, 0.3) is 0 Å². The Labute approximate surface area is 125 Å². The molecule has 0 aromatic heterocycles. The minimum absolute atomic E-state index is 0. The lowest BCUT2D eigenvalue weighted by molar-refractivity contribution is 0.361. The van der Waals surface area contributed by atoms with Gasteiger partial charge < -0.3 is 5.32 Å². The lowest BCUT2D eigenvalue weighted by Gasteiger charge is -2.41. The molecule has 0 spiro atoms. The molecule has 120 valence electrons. The highest BCUT2D eigenvalue weighted by molar-refractivity contribution is 8.45. The summed E-state index contributed by atoms with van der Waals surface area (Å²) in [5.41, 5.74) is -1.13. The molecular weight excluding hydrogens is 335 g/mol. The van der Waals surface area contributed by atoms with E-state index in [0.717, 1.165) is 6.07 Å². The zero-order valence-electron chi connectivity index (χ0n) is 10.8. The molecule has 1 aromatic rings. The average Bonchev–Trinajstić information content (AvgIpc) is 2.37. The van der Waals surface area contributed by atoms with E-state index in [0.29, 0.717) is 38.1 Å². The zero-order valence-corrected chi connectivity index (χ0v) is 12.4. The van der Waals surface area contributed by atoms with E-state index in [1.807, 2.05) is 6.07 Å². The van der Waals surface area contributed by atoms with Crippen molar-refractivity contribution in [1.82, 2.24) is 5.32 Å². The van der Waals surface area contributed by atoms with Crippen LogP contribution in [0.1, 0.15) is 18.4 Å². The highest BCUT2D eigenvalue weighted by Gasteiger charge is 2.65. The molecular formula is C12H14ClF5N2S. The number of nitrogens with one attached hydrogen (secondary N) is 1. The Balaban J connectivity index is 0.00000220. The van der Waals surface area contributed by atoms with Crippen LogP contribution in [0, 0.1) is 11.3 Å². The fourth-order valence-corrected chi connectivity index (χ4v) is 3.04. The molecule has 0 aliphatic carbocycles. The topological polar surface area (TPSA) is 35.8 Å². The first-order valence-corrected chi connectivity index (χ1v) is 7.89. The molecule has 1 aromatic carbocycles. The third kappa shape index (κ3) is 3.78. The second-order valence-electron chi connectivity index (χ2n) is 4.94. The van der Waals surface area contributed by atoms with Gasteiger partial charge in [0, 0.05) is 0 Å². The van der Waals surface area contributed by atoms with Crippen LogP contribution >= 0.6 is 22.6 Å². The number of halogens is 6. The quantitative estimate of drug-likeness (QED) is 0.771. The van der Waals surface area contributed by atoms with Crippen molar-refractivity contribution in [2.75, 3.05) is 13.1 Å². The highest BCUT2D eigenvalue weighted by Crippen LogP contribution is 3.02. The number of nitriles is 1. The molecule has 2 rings (SSSR count). The molecule has 0 saturated carbocycles. The third-order valence-corrected chi connectivity index (χ3v) is 4.65. The van der Waals surface area contributed by atoms with Crippen molar-refractivity contribution in [1.29, 1.82) is 5.26 Å². The van der Waals surface area contributed by atoms with Gasteiger partial charge in [0.1, 0.15) is 4.90 Å². The first-order valence-electron chi connectivity index (χ1n) is 5.93. The van der Waals surface area contributed by atoms with Crippen LogP contribution in [0.15, 0.2) is 29.2 Å². The Morgan fingerprint density at radius 3 is 2.14 bits per heavy atom. The van der Waals surface area contributed by atoms with Crippen LogP contribution in [-0.4, -0.2) is 13.1 Å². The van der Waals surface area contributed by atoms with Gasteiger partial charge in [0.15, 0.2) is 0 Å². The molecule has 1 N–H and O–H groups in total. The van der Waals surface area contributed by atoms with Crippen molar-refractivity contribution < 1.29 is 19.4 Å². The summed E-state index contributed by atoms with van der Waals surface area (Å²) < 4.78 is 64.1. The maximum absolute atomic E-state index is 12.8. The van der Waals surface area contributed by atoms with E-state index in [2.05, 4.69) is 5.32 Å². The second kappa shape index (κ2) is 4.73. The summed E-state index contributed by atoms with van der Waals surface area (Å²) in [6.45, 7) is 0.933. The molecule has 21 heavy (non-hydrogen) atoms. The number of benzene rings is 1. The van der Waals surface area contributed by atoms with Crippen LogP contribution in [0.3, 0.4) is 0 Å². The number of hydrogen-bond acceptors (Lipinski definition) is 2. The van der Waals surface area contributed by atoms with E-state index in [1.165, 1.54) is 6.07 Å². The van der Waals surface area contributed by atoms with Gasteiger partial charge in [-0.15, -0.1) is 12.4 Å². The molecule has 1 fully saturated rings. The van der Waals surface area contributed by atoms with Crippen LogP contribution in [0.4, 0.5) is 19.4 Å². The van der Waals surface area contributed by atoms with Gasteiger partial charge in [-0.1, -0.05) is 31.6 Å². The Kier molecular flexibility index (Phi) is 4.06. The molecule has 1 saturated heterocycles. The van der Waals surface area contributed by atoms with Crippen LogP contribution in [-0.2, 0) is 5.41 Å². The van der Waals surface area contributed by atoms with Gasteiger partial charge in [0.25, 0.3) is 0 Å². The van der Waals surface area contributed by atoms with Crippen molar-refractivity contribution in [2.45, 2.75) is 23.2 Å². The van der Waals surface area contributed by atoms with Gasteiger partial charge in [-0.05, 0) is 43.6 Å². The molecule has 2 nitrogen and oxygen atoms in total. The largest absolute Gasteiger partial charge is 0.317 e. The Bertz CT molecular complexity index is 575. The first-order chi connectivity index (χ1) is 8.97. The molecule has 0 bridgehead atoms. The summed E-state index contributed by atoms with van der Waals surface area (Å²) >= 11 is 0. The Hall–Kier alpha value is -1.04. The SMILES string of the molecule is Cl.N#CC1(c2cccc(S(F)(F)(F)(F)F)c2)CCNCC1. The maximum atomic E-state index is 12.8. The predicted octanol–water partition coefficient (Wildman–Crippen LogP) is 4.91. The van der Waals surface area contributed by atoms with Crippen molar-refractivity contribution in [3.05, 3.63) is 29.8 Å². The Morgan fingerprint density at radius 1 is 1.10 bits per heavy atom. The lowest BCUT2D eigenvalue weighted by Crippen LogP contribution is -2.38. The van der Waals surface area contributed by atoms with E-state index >= 15 is 0 Å². The third-order valence-electron chi connectivity index (χ3n) is 3.50. The van der Waals surface area contributed by atoms with Gasteiger partial charge in [-0.2, -0.15) is 5.26 Å². The summed E-state index contributed by atoms with van der Waals surface area (Å²) in [4.78, 5) is -1.93. The van der Waals surface area contributed by atoms with Gasteiger partial charge in [-0.3, -0.25) is 0 Å².